The van der Waals surface area contributed by atoms with Crippen LogP contribution in [-0.4, -0.2) is 28.1 Å². The van der Waals surface area contributed by atoms with E-state index in [4.69, 9.17) is 5.14 Å². The quantitative estimate of drug-likeness (QED) is 0.673. The van der Waals surface area contributed by atoms with Crippen LogP contribution in [0.5, 0.6) is 0 Å². The molecule has 0 fully saturated rings. The Kier molecular flexibility index (Phi) is 6.99. The highest BCUT2D eigenvalue weighted by atomic mass is 32.2. The molecule has 0 heterocycles. The first-order valence-electron chi connectivity index (χ1n) is 8.60. The van der Waals surface area contributed by atoms with E-state index in [2.05, 4.69) is 48.3 Å². The summed E-state index contributed by atoms with van der Waals surface area (Å²) >= 11 is 0. The second-order valence-electron chi connectivity index (χ2n) is 5.95. The number of nitrogens with one attached hydrogen (secondary N) is 1. The molecule has 6 heteroatoms. The van der Waals surface area contributed by atoms with E-state index in [0.29, 0.717) is 0 Å². The minimum absolute atomic E-state index is 0.150. The van der Waals surface area contributed by atoms with E-state index in [1.165, 1.54) is 11.3 Å². The van der Waals surface area contributed by atoms with Crippen LogP contribution in [0.15, 0.2) is 53.4 Å². The fourth-order valence-electron chi connectivity index (χ4n) is 2.72. The van der Waals surface area contributed by atoms with Crippen LogP contribution in [0.3, 0.4) is 0 Å². The molecule has 0 aliphatic carbocycles. The van der Waals surface area contributed by atoms with E-state index >= 15 is 0 Å². The number of sulfonamides is 1. The van der Waals surface area contributed by atoms with Crippen molar-refractivity contribution in [2.45, 2.75) is 31.7 Å². The third-order valence-corrected chi connectivity index (χ3v) is 5.17. The Hall–Kier alpha value is -1.89. The molecule has 0 atom stereocenters. The van der Waals surface area contributed by atoms with E-state index in [1.54, 1.807) is 24.3 Å². The Bertz CT molecular complexity index is 752. The second-order valence-corrected chi connectivity index (χ2v) is 7.52. The van der Waals surface area contributed by atoms with Gasteiger partial charge in [-0.25, -0.2) is 13.6 Å². The van der Waals surface area contributed by atoms with Crippen molar-refractivity contribution in [3.63, 3.8) is 0 Å². The van der Waals surface area contributed by atoms with Crippen molar-refractivity contribution in [1.29, 1.82) is 0 Å². The molecule has 0 saturated heterocycles. The fraction of sp³-hybridized carbons (Fsp3) is 0.368. The summed E-state index contributed by atoms with van der Waals surface area (Å²) in [5.74, 6) is 0. The average molecular weight is 362 g/mol. The molecule has 2 aromatic carbocycles. The molecule has 2 rings (SSSR count). The van der Waals surface area contributed by atoms with Gasteiger partial charge in [-0.1, -0.05) is 24.3 Å². The Balaban J connectivity index is 1.79. The summed E-state index contributed by atoms with van der Waals surface area (Å²) < 4.78 is 22.5. The van der Waals surface area contributed by atoms with Crippen LogP contribution in [0.1, 0.15) is 25.0 Å². The standard InChI is InChI=1S/C19H27N3O2S/c1-3-22(4-2)18-9-5-17(6-10-18)15-21-14-13-16-7-11-19(12-8-16)25(20,23)24/h5-12,21H,3-4,13-15H2,1-2H3,(H2,20,23,24). The molecule has 0 amide bonds. The summed E-state index contributed by atoms with van der Waals surface area (Å²) in [6.07, 6.45) is 0.836. The van der Waals surface area contributed by atoms with E-state index in [-0.39, 0.29) is 4.90 Å². The van der Waals surface area contributed by atoms with Crippen LogP contribution in [0.4, 0.5) is 5.69 Å². The number of benzene rings is 2. The number of anilines is 1. The van der Waals surface area contributed by atoms with Gasteiger partial charge in [0.05, 0.1) is 4.90 Å². The largest absolute Gasteiger partial charge is 0.372 e. The summed E-state index contributed by atoms with van der Waals surface area (Å²) in [7, 11) is -3.61. The Morgan fingerprint density at radius 2 is 1.48 bits per heavy atom. The molecule has 2 aromatic rings. The molecule has 136 valence electrons. The van der Waals surface area contributed by atoms with Crippen LogP contribution in [-0.2, 0) is 23.0 Å². The molecular formula is C19H27N3O2S. The van der Waals surface area contributed by atoms with Crippen LogP contribution in [0, 0.1) is 0 Å². The molecule has 0 aliphatic heterocycles. The molecule has 5 nitrogen and oxygen atoms in total. The molecule has 3 N–H and O–H groups in total. The molecular weight excluding hydrogens is 334 g/mol. The van der Waals surface area contributed by atoms with Gasteiger partial charge in [0.2, 0.25) is 10.0 Å². The molecule has 0 unspecified atom stereocenters. The highest BCUT2D eigenvalue weighted by molar-refractivity contribution is 7.89. The Morgan fingerprint density at radius 3 is 2.00 bits per heavy atom. The topological polar surface area (TPSA) is 75.4 Å². The lowest BCUT2D eigenvalue weighted by Gasteiger charge is -2.21. The van der Waals surface area contributed by atoms with Gasteiger partial charge in [0.15, 0.2) is 0 Å². The van der Waals surface area contributed by atoms with Crippen molar-refractivity contribution in [3.8, 4) is 0 Å². The SMILES string of the molecule is CCN(CC)c1ccc(CNCCc2ccc(S(N)(=O)=O)cc2)cc1. The number of primary sulfonamides is 1. The molecule has 0 aromatic heterocycles. The number of hydrogen-bond acceptors (Lipinski definition) is 4. The van der Waals surface area contributed by atoms with Gasteiger partial charge >= 0.3 is 0 Å². The number of nitrogens with two attached hydrogens (primary N) is 1. The second kappa shape index (κ2) is 8.99. The van der Waals surface area contributed by atoms with Gasteiger partial charge in [0, 0.05) is 25.3 Å². The minimum Gasteiger partial charge on any atom is -0.372 e. The normalized spacial score (nSPS) is 11.5. The van der Waals surface area contributed by atoms with Gasteiger partial charge in [0.1, 0.15) is 0 Å². The highest BCUT2D eigenvalue weighted by Gasteiger charge is 2.06. The highest BCUT2D eigenvalue weighted by Crippen LogP contribution is 2.15. The summed E-state index contributed by atoms with van der Waals surface area (Å²) in [6.45, 7) is 7.99. The van der Waals surface area contributed by atoms with E-state index in [0.717, 1.165) is 38.2 Å². The van der Waals surface area contributed by atoms with Gasteiger partial charge < -0.3 is 10.2 Å². The van der Waals surface area contributed by atoms with Crippen LogP contribution < -0.4 is 15.4 Å². The summed E-state index contributed by atoms with van der Waals surface area (Å²) in [4.78, 5) is 2.47. The van der Waals surface area contributed by atoms with Gasteiger partial charge in [-0.15, -0.1) is 0 Å². The molecule has 0 aliphatic rings. The van der Waals surface area contributed by atoms with E-state index in [9.17, 15) is 8.42 Å². The lowest BCUT2D eigenvalue weighted by Crippen LogP contribution is -2.21. The summed E-state index contributed by atoms with van der Waals surface area (Å²) in [5.41, 5.74) is 3.58. The van der Waals surface area contributed by atoms with Crippen molar-refractivity contribution < 1.29 is 8.42 Å². The molecule has 25 heavy (non-hydrogen) atoms. The first-order chi connectivity index (χ1) is 11.9. The van der Waals surface area contributed by atoms with Crippen molar-refractivity contribution in [3.05, 3.63) is 59.7 Å². The molecule has 0 saturated carbocycles. The Morgan fingerprint density at radius 1 is 0.920 bits per heavy atom. The van der Waals surface area contributed by atoms with Gasteiger partial charge in [-0.05, 0) is 62.2 Å². The summed E-state index contributed by atoms with van der Waals surface area (Å²) in [6, 6.07) is 15.4. The monoisotopic (exact) mass is 361 g/mol. The van der Waals surface area contributed by atoms with Crippen LogP contribution >= 0.6 is 0 Å². The zero-order chi connectivity index (χ0) is 18.3. The first-order valence-corrected chi connectivity index (χ1v) is 10.1. The zero-order valence-electron chi connectivity index (χ0n) is 14.9. The number of nitrogens with zero attached hydrogens (tertiary/aromatic N) is 1. The van der Waals surface area contributed by atoms with Gasteiger partial charge in [0.25, 0.3) is 0 Å². The van der Waals surface area contributed by atoms with Crippen LogP contribution in [0.2, 0.25) is 0 Å². The van der Waals surface area contributed by atoms with Gasteiger partial charge in [-0.3, -0.25) is 0 Å². The molecule has 0 spiro atoms. The fourth-order valence-corrected chi connectivity index (χ4v) is 3.24. The maximum absolute atomic E-state index is 11.2. The summed E-state index contributed by atoms with van der Waals surface area (Å²) in [5, 5.41) is 8.51. The number of rotatable bonds is 9. The third-order valence-electron chi connectivity index (χ3n) is 4.24. The zero-order valence-corrected chi connectivity index (χ0v) is 15.7. The van der Waals surface area contributed by atoms with E-state index in [1.807, 2.05) is 0 Å². The predicted octanol–water partition coefficient (Wildman–Crippen LogP) is 2.51. The first kappa shape index (κ1) is 19.4. The van der Waals surface area contributed by atoms with Crippen molar-refractivity contribution >= 4 is 15.7 Å². The maximum atomic E-state index is 11.2. The third kappa shape index (κ3) is 5.85. The molecule has 0 bridgehead atoms. The number of hydrogen-bond donors (Lipinski definition) is 2. The van der Waals surface area contributed by atoms with Gasteiger partial charge in [-0.2, -0.15) is 0 Å². The Labute approximate surface area is 150 Å². The lowest BCUT2D eigenvalue weighted by molar-refractivity contribution is 0.597. The average Bonchev–Trinajstić information content (AvgIpc) is 2.60. The van der Waals surface area contributed by atoms with Crippen molar-refractivity contribution in [2.75, 3.05) is 24.5 Å². The maximum Gasteiger partial charge on any atom is 0.238 e. The smallest absolute Gasteiger partial charge is 0.238 e. The van der Waals surface area contributed by atoms with Crippen LogP contribution in [0.25, 0.3) is 0 Å². The lowest BCUT2D eigenvalue weighted by atomic mass is 10.1. The van der Waals surface area contributed by atoms with E-state index < -0.39 is 10.0 Å². The van der Waals surface area contributed by atoms with Crippen molar-refractivity contribution in [1.82, 2.24) is 5.32 Å². The predicted molar refractivity (Wildman–Crippen MR) is 103 cm³/mol. The molecule has 0 radical (unpaired) electrons. The minimum atomic E-state index is -3.61. The van der Waals surface area contributed by atoms with Crippen molar-refractivity contribution in [2.24, 2.45) is 5.14 Å².